The van der Waals surface area contributed by atoms with Crippen molar-refractivity contribution >= 4 is 18.1 Å². The smallest absolute Gasteiger partial charge is 0.416 e. The SMILES string of the molecule is COc1cccc(/C=N/NC(=O)Cc2cccc(C(F)(F)F)c2)c1OCc1ccc(C(=O)O)cc1. The molecule has 0 radical (unpaired) electrons. The van der Waals surface area contributed by atoms with Crippen molar-refractivity contribution in [2.45, 2.75) is 19.2 Å². The highest BCUT2D eigenvalue weighted by atomic mass is 19.4. The van der Waals surface area contributed by atoms with Gasteiger partial charge in [0.05, 0.1) is 30.9 Å². The number of ether oxygens (including phenoxy) is 2. The number of carboxylic acid groups (broad SMARTS) is 1. The van der Waals surface area contributed by atoms with E-state index in [0.29, 0.717) is 17.1 Å². The molecule has 7 nitrogen and oxygen atoms in total. The fourth-order valence-electron chi connectivity index (χ4n) is 3.11. The van der Waals surface area contributed by atoms with Crippen LogP contribution in [0.1, 0.15) is 32.6 Å². The monoisotopic (exact) mass is 486 g/mol. The van der Waals surface area contributed by atoms with E-state index in [1.165, 1.54) is 37.6 Å². The van der Waals surface area contributed by atoms with E-state index >= 15 is 0 Å². The third-order valence-electron chi connectivity index (χ3n) is 4.83. The van der Waals surface area contributed by atoms with Crippen molar-refractivity contribution in [1.82, 2.24) is 5.43 Å². The van der Waals surface area contributed by atoms with E-state index in [4.69, 9.17) is 14.6 Å². The van der Waals surface area contributed by atoms with Gasteiger partial charge < -0.3 is 14.6 Å². The highest BCUT2D eigenvalue weighted by Gasteiger charge is 2.30. The van der Waals surface area contributed by atoms with Crippen LogP contribution in [0.5, 0.6) is 11.5 Å². The molecule has 0 aliphatic rings. The average Bonchev–Trinajstić information content (AvgIpc) is 2.83. The fraction of sp³-hybridized carbons (Fsp3) is 0.160. The first-order valence-electron chi connectivity index (χ1n) is 10.3. The molecular weight excluding hydrogens is 465 g/mol. The highest BCUT2D eigenvalue weighted by Crippen LogP contribution is 2.31. The second-order valence-electron chi connectivity index (χ2n) is 7.34. The van der Waals surface area contributed by atoms with Gasteiger partial charge in [0.1, 0.15) is 6.61 Å². The first-order valence-corrected chi connectivity index (χ1v) is 10.3. The number of carbonyl (C=O) groups is 2. The lowest BCUT2D eigenvalue weighted by molar-refractivity contribution is -0.137. The summed E-state index contributed by atoms with van der Waals surface area (Å²) in [5, 5.41) is 12.9. The molecule has 10 heteroatoms. The van der Waals surface area contributed by atoms with Gasteiger partial charge in [-0.2, -0.15) is 18.3 Å². The zero-order valence-corrected chi connectivity index (χ0v) is 18.5. The number of nitrogens with one attached hydrogen (secondary N) is 1. The van der Waals surface area contributed by atoms with Crippen LogP contribution in [0.25, 0.3) is 0 Å². The number of methoxy groups -OCH3 is 1. The van der Waals surface area contributed by atoms with Crippen LogP contribution >= 0.6 is 0 Å². The van der Waals surface area contributed by atoms with Crippen molar-refractivity contribution in [3.63, 3.8) is 0 Å². The number of hydrazone groups is 1. The minimum absolute atomic E-state index is 0.114. The van der Waals surface area contributed by atoms with Gasteiger partial charge in [-0.15, -0.1) is 0 Å². The van der Waals surface area contributed by atoms with E-state index in [0.717, 1.165) is 17.7 Å². The summed E-state index contributed by atoms with van der Waals surface area (Å²) in [5.41, 5.74) is 3.01. The molecule has 0 saturated carbocycles. The van der Waals surface area contributed by atoms with E-state index in [2.05, 4.69) is 10.5 Å². The summed E-state index contributed by atoms with van der Waals surface area (Å²) in [5.74, 6) is -0.875. The van der Waals surface area contributed by atoms with Crippen molar-refractivity contribution < 1.29 is 37.3 Å². The predicted octanol–water partition coefficient (Wildman–Crippen LogP) is 4.68. The normalized spacial score (nSPS) is 11.3. The van der Waals surface area contributed by atoms with Crippen molar-refractivity contribution in [1.29, 1.82) is 0 Å². The maximum atomic E-state index is 12.8. The highest BCUT2D eigenvalue weighted by molar-refractivity contribution is 5.88. The van der Waals surface area contributed by atoms with Crippen LogP contribution in [0.15, 0.2) is 71.8 Å². The van der Waals surface area contributed by atoms with E-state index < -0.39 is 23.6 Å². The molecule has 0 aliphatic carbocycles. The van der Waals surface area contributed by atoms with Crippen molar-refractivity contribution in [3.8, 4) is 11.5 Å². The zero-order chi connectivity index (χ0) is 25.4. The van der Waals surface area contributed by atoms with Gasteiger partial charge in [0.2, 0.25) is 5.91 Å². The number of nitrogens with zero attached hydrogens (tertiary/aromatic N) is 1. The lowest BCUT2D eigenvalue weighted by Crippen LogP contribution is -2.20. The number of benzene rings is 3. The summed E-state index contributed by atoms with van der Waals surface area (Å²) in [6, 6.07) is 15.7. The summed E-state index contributed by atoms with van der Waals surface area (Å²) in [6.45, 7) is 0.114. The van der Waals surface area contributed by atoms with Gasteiger partial charge >= 0.3 is 12.1 Å². The third kappa shape index (κ3) is 7.07. The minimum atomic E-state index is -4.49. The maximum absolute atomic E-state index is 12.8. The third-order valence-corrected chi connectivity index (χ3v) is 4.83. The van der Waals surface area contributed by atoms with Crippen LogP contribution in [0.4, 0.5) is 13.2 Å². The Balaban J connectivity index is 1.67. The molecule has 182 valence electrons. The summed E-state index contributed by atoms with van der Waals surface area (Å²) >= 11 is 0. The molecule has 1 amide bonds. The Kier molecular flexibility index (Phi) is 8.08. The maximum Gasteiger partial charge on any atom is 0.416 e. The first kappa shape index (κ1) is 25.3. The Hall–Kier alpha value is -4.34. The van der Waals surface area contributed by atoms with E-state index in [1.54, 1.807) is 30.3 Å². The molecule has 0 aliphatic heterocycles. The van der Waals surface area contributed by atoms with Crippen molar-refractivity contribution in [2.24, 2.45) is 5.10 Å². The number of para-hydroxylation sites is 1. The molecule has 3 aromatic rings. The van der Waals surface area contributed by atoms with Crippen LogP contribution < -0.4 is 14.9 Å². The van der Waals surface area contributed by atoms with Gasteiger partial charge in [-0.05, 0) is 41.5 Å². The molecule has 35 heavy (non-hydrogen) atoms. The van der Waals surface area contributed by atoms with Gasteiger partial charge in [-0.25, -0.2) is 10.2 Å². The predicted molar refractivity (Wildman–Crippen MR) is 122 cm³/mol. The summed E-state index contributed by atoms with van der Waals surface area (Å²) < 4.78 is 49.7. The molecule has 0 heterocycles. The Morgan fingerprint density at radius 1 is 1.03 bits per heavy atom. The summed E-state index contributed by atoms with van der Waals surface area (Å²) in [7, 11) is 1.46. The van der Waals surface area contributed by atoms with Gasteiger partial charge in [0, 0.05) is 5.56 Å². The van der Waals surface area contributed by atoms with Gasteiger partial charge in [-0.3, -0.25) is 4.79 Å². The molecule has 3 rings (SSSR count). The number of carbonyl (C=O) groups excluding carboxylic acids is 1. The lowest BCUT2D eigenvalue weighted by Gasteiger charge is -2.13. The Morgan fingerprint density at radius 2 is 1.74 bits per heavy atom. The van der Waals surface area contributed by atoms with Gasteiger partial charge in [0.15, 0.2) is 11.5 Å². The molecule has 3 aromatic carbocycles. The van der Waals surface area contributed by atoms with Crippen molar-refractivity contribution in [2.75, 3.05) is 7.11 Å². The number of aromatic carboxylic acids is 1. The lowest BCUT2D eigenvalue weighted by atomic mass is 10.1. The number of rotatable bonds is 9. The molecule has 0 unspecified atom stereocenters. The number of amides is 1. The largest absolute Gasteiger partial charge is 0.493 e. The topological polar surface area (TPSA) is 97.2 Å². The molecule has 0 aromatic heterocycles. The Labute approximate surface area is 198 Å². The van der Waals surface area contributed by atoms with Crippen LogP contribution in [0, 0.1) is 0 Å². The number of halogens is 3. The summed E-state index contributed by atoms with van der Waals surface area (Å²) in [4.78, 5) is 23.1. The molecule has 0 bridgehead atoms. The second kappa shape index (κ2) is 11.2. The minimum Gasteiger partial charge on any atom is -0.493 e. The van der Waals surface area contributed by atoms with Crippen LogP contribution in [-0.2, 0) is 24.0 Å². The number of hydrogen-bond donors (Lipinski definition) is 2. The van der Waals surface area contributed by atoms with Gasteiger partial charge in [0.25, 0.3) is 0 Å². The quantitative estimate of drug-likeness (QED) is 0.338. The molecule has 0 fully saturated rings. The molecule has 0 atom stereocenters. The van der Waals surface area contributed by atoms with Gasteiger partial charge in [-0.1, -0.05) is 36.4 Å². The van der Waals surface area contributed by atoms with Crippen LogP contribution in [-0.4, -0.2) is 30.3 Å². The second-order valence-corrected chi connectivity index (χ2v) is 7.34. The fourth-order valence-corrected chi connectivity index (χ4v) is 3.11. The zero-order valence-electron chi connectivity index (χ0n) is 18.5. The molecule has 0 spiro atoms. The van der Waals surface area contributed by atoms with E-state index in [-0.39, 0.29) is 24.2 Å². The summed E-state index contributed by atoms with van der Waals surface area (Å²) in [6.07, 6.45) is -3.45. The standard InChI is InChI=1S/C25H21F3N2O5/c1-34-21-7-3-5-19(23(21)35-15-16-8-10-18(11-9-16)24(32)33)14-29-30-22(31)13-17-4-2-6-20(12-17)25(26,27)28/h2-12,14H,13,15H2,1H3,(H,30,31)(H,32,33)/b29-14+. The Morgan fingerprint density at radius 3 is 2.40 bits per heavy atom. The van der Waals surface area contributed by atoms with Crippen LogP contribution in [0.3, 0.4) is 0 Å². The Bertz CT molecular complexity index is 1220. The van der Waals surface area contributed by atoms with Crippen molar-refractivity contribution in [3.05, 3.63) is 94.5 Å². The van der Waals surface area contributed by atoms with E-state index in [9.17, 15) is 22.8 Å². The molecular formula is C25H21F3N2O5. The number of carboxylic acids is 1. The van der Waals surface area contributed by atoms with Crippen LogP contribution in [0.2, 0.25) is 0 Å². The number of hydrogen-bond acceptors (Lipinski definition) is 5. The first-order chi connectivity index (χ1) is 16.7. The molecule has 2 N–H and O–H groups in total. The van der Waals surface area contributed by atoms with E-state index in [1.807, 2.05) is 0 Å². The molecule has 0 saturated heterocycles. The number of alkyl halides is 3. The average molecular weight is 486 g/mol.